The Morgan fingerprint density at radius 1 is 0.633 bits per heavy atom. The van der Waals surface area contributed by atoms with Crippen LogP contribution >= 0.6 is 11.6 Å². The van der Waals surface area contributed by atoms with Gasteiger partial charge >= 0.3 is 0 Å². The van der Waals surface area contributed by atoms with Crippen molar-refractivity contribution in [2.45, 2.75) is 19.6 Å². The van der Waals surface area contributed by atoms with Crippen molar-refractivity contribution in [3.63, 3.8) is 0 Å². The van der Waals surface area contributed by atoms with Gasteiger partial charge in [-0.3, -0.25) is 0 Å². The van der Waals surface area contributed by atoms with Crippen LogP contribution in [0.3, 0.4) is 0 Å². The van der Waals surface area contributed by atoms with Crippen LogP contribution in [0, 0.1) is 0 Å². The molecule has 30 heavy (non-hydrogen) atoms. The number of hydrogen-bond donors (Lipinski definition) is 0. The maximum absolute atomic E-state index is 6.10. The first-order chi connectivity index (χ1) is 14.8. The average Bonchev–Trinajstić information content (AvgIpc) is 2.78. The minimum absolute atomic E-state index is 0.379. The molecule has 0 unspecified atom stereocenters. The van der Waals surface area contributed by atoms with Crippen LogP contribution < -0.4 is 9.47 Å². The fourth-order valence-electron chi connectivity index (χ4n) is 3.01. The smallest absolute Gasteiger partial charge is 0.276 e. The third-order valence-electron chi connectivity index (χ3n) is 4.51. The minimum Gasteiger partial charge on any atom is -0.483 e. The lowest BCUT2D eigenvalue weighted by Gasteiger charge is -2.13. The molecule has 4 nitrogen and oxygen atoms in total. The number of ether oxygens (including phenoxy) is 2. The quantitative estimate of drug-likeness (QED) is 0.360. The molecule has 0 atom stereocenters. The predicted octanol–water partition coefficient (Wildman–Crippen LogP) is 5.88. The van der Waals surface area contributed by atoms with E-state index in [2.05, 4.69) is 10.2 Å². The van der Waals surface area contributed by atoms with Gasteiger partial charge in [0.25, 0.3) is 5.88 Å². The zero-order valence-corrected chi connectivity index (χ0v) is 17.1. The number of aromatic nitrogens is 2. The van der Waals surface area contributed by atoms with E-state index in [1.807, 2.05) is 91.0 Å². The molecule has 0 fully saturated rings. The van der Waals surface area contributed by atoms with E-state index >= 15 is 0 Å². The molecule has 0 saturated heterocycles. The number of benzene rings is 3. The molecule has 0 saturated carbocycles. The van der Waals surface area contributed by atoms with E-state index in [1.54, 1.807) is 0 Å². The van der Waals surface area contributed by atoms with Gasteiger partial charge in [0.2, 0.25) is 0 Å². The summed E-state index contributed by atoms with van der Waals surface area (Å²) in [7, 11) is 0. The summed E-state index contributed by atoms with van der Waals surface area (Å²) in [5.41, 5.74) is 3.96. The topological polar surface area (TPSA) is 44.2 Å². The second kappa shape index (κ2) is 9.90. The maximum Gasteiger partial charge on any atom is 0.276 e. The Morgan fingerprint density at radius 3 is 1.93 bits per heavy atom. The number of halogens is 1. The fraction of sp³-hybridized carbons (Fsp3) is 0.120. The summed E-state index contributed by atoms with van der Waals surface area (Å²) in [6, 6.07) is 29.5. The van der Waals surface area contributed by atoms with Crippen molar-refractivity contribution in [3.8, 4) is 11.6 Å². The third kappa shape index (κ3) is 5.58. The van der Waals surface area contributed by atoms with Gasteiger partial charge in [0.05, 0.1) is 5.69 Å². The molecule has 0 N–H and O–H groups in total. The first kappa shape index (κ1) is 19.9. The van der Waals surface area contributed by atoms with Crippen molar-refractivity contribution in [2.75, 3.05) is 0 Å². The first-order valence-electron chi connectivity index (χ1n) is 9.71. The summed E-state index contributed by atoms with van der Waals surface area (Å²) in [5, 5.41) is 9.33. The lowest BCUT2D eigenvalue weighted by Crippen LogP contribution is -2.05. The summed E-state index contributed by atoms with van der Waals surface area (Å²) in [5.74, 6) is 0.950. The second-order valence-electron chi connectivity index (χ2n) is 6.86. The third-order valence-corrected chi connectivity index (χ3v) is 4.74. The van der Waals surface area contributed by atoms with E-state index in [-0.39, 0.29) is 0 Å². The normalized spacial score (nSPS) is 10.6. The van der Waals surface area contributed by atoms with Gasteiger partial charge in [-0.05, 0) is 28.8 Å². The highest BCUT2D eigenvalue weighted by Gasteiger charge is 2.12. The molecule has 0 amide bonds. The number of hydrogen-bond acceptors (Lipinski definition) is 4. The van der Waals surface area contributed by atoms with Gasteiger partial charge in [0.1, 0.15) is 13.2 Å². The lowest BCUT2D eigenvalue weighted by atomic mass is 10.1. The summed E-state index contributed by atoms with van der Waals surface area (Å²) in [4.78, 5) is 0. The molecule has 1 aromatic heterocycles. The van der Waals surface area contributed by atoms with Crippen LogP contribution in [0.4, 0.5) is 0 Å². The Bertz CT molecular complexity index is 1090. The van der Waals surface area contributed by atoms with Gasteiger partial charge in [-0.1, -0.05) is 84.4 Å². The Labute approximate surface area is 181 Å². The minimum atomic E-state index is 0.379. The summed E-state index contributed by atoms with van der Waals surface area (Å²) < 4.78 is 12.0. The first-order valence-corrected chi connectivity index (χ1v) is 10.1. The van der Waals surface area contributed by atoms with E-state index in [9.17, 15) is 0 Å². The van der Waals surface area contributed by atoms with Gasteiger partial charge in [0, 0.05) is 17.5 Å². The van der Waals surface area contributed by atoms with E-state index in [4.69, 9.17) is 21.1 Å². The Morgan fingerprint density at radius 2 is 1.27 bits per heavy atom. The highest BCUT2D eigenvalue weighted by molar-refractivity contribution is 6.30. The van der Waals surface area contributed by atoms with Gasteiger partial charge in [-0.15, -0.1) is 5.10 Å². The molecule has 5 heteroatoms. The largest absolute Gasteiger partial charge is 0.483 e. The van der Waals surface area contributed by atoms with Crippen LogP contribution in [0.1, 0.15) is 22.4 Å². The molecule has 4 aromatic rings. The van der Waals surface area contributed by atoms with Gasteiger partial charge in [-0.25, -0.2) is 0 Å². The molecule has 4 rings (SSSR count). The molecule has 0 aliphatic heterocycles. The van der Waals surface area contributed by atoms with E-state index in [0.717, 1.165) is 22.4 Å². The van der Waals surface area contributed by atoms with Gasteiger partial charge in [-0.2, -0.15) is 5.10 Å². The second-order valence-corrected chi connectivity index (χ2v) is 7.30. The molecular weight excluding hydrogens is 396 g/mol. The van der Waals surface area contributed by atoms with Crippen LogP contribution in [0.25, 0.3) is 0 Å². The SMILES string of the molecule is Clc1cccc(Cc2cc(OCc3ccccc3)c(OCc3ccccc3)nn2)c1. The van der Waals surface area contributed by atoms with Crippen molar-refractivity contribution in [1.29, 1.82) is 0 Å². The highest BCUT2D eigenvalue weighted by Crippen LogP contribution is 2.27. The monoisotopic (exact) mass is 416 g/mol. The fourth-order valence-corrected chi connectivity index (χ4v) is 3.22. The summed E-state index contributed by atoms with van der Waals surface area (Å²) in [6.45, 7) is 0.815. The molecule has 150 valence electrons. The molecule has 1 heterocycles. The van der Waals surface area contributed by atoms with Crippen LogP contribution in [0.2, 0.25) is 5.02 Å². The Hall–Kier alpha value is -3.37. The Kier molecular flexibility index (Phi) is 6.58. The molecule has 0 aliphatic rings. The molecule has 0 bridgehead atoms. The van der Waals surface area contributed by atoms with Crippen molar-refractivity contribution >= 4 is 11.6 Å². The molecule has 0 spiro atoms. The molecule has 0 radical (unpaired) electrons. The van der Waals surface area contributed by atoms with E-state index < -0.39 is 0 Å². The van der Waals surface area contributed by atoms with Crippen molar-refractivity contribution in [1.82, 2.24) is 10.2 Å². The average molecular weight is 417 g/mol. The highest BCUT2D eigenvalue weighted by atomic mass is 35.5. The molecule has 3 aromatic carbocycles. The standard InChI is InChI=1S/C25H21ClN2O2/c26-22-13-7-12-21(14-22)15-23-16-24(29-17-19-8-3-1-4-9-19)25(28-27-23)30-18-20-10-5-2-6-11-20/h1-14,16H,15,17-18H2. The maximum atomic E-state index is 6.10. The number of nitrogens with zero attached hydrogens (tertiary/aromatic N) is 2. The van der Waals surface area contributed by atoms with Crippen LogP contribution in [0.5, 0.6) is 11.6 Å². The van der Waals surface area contributed by atoms with Crippen LogP contribution in [-0.4, -0.2) is 10.2 Å². The van der Waals surface area contributed by atoms with Gasteiger partial charge in [0.15, 0.2) is 5.75 Å². The van der Waals surface area contributed by atoms with E-state index in [1.165, 1.54) is 0 Å². The summed E-state index contributed by atoms with van der Waals surface area (Å²) >= 11 is 6.10. The van der Waals surface area contributed by atoms with Crippen LogP contribution in [-0.2, 0) is 19.6 Å². The molecule has 0 aliphatic carbocycles. The lowest BCUT2D eigenvalue weighted by molar-refractivity contribution is 0.243. The van der Waals surface area contributed by atoms with Gasteiger partial charge < -0.3 is 9.47 Å². The van der Waals surface area contributed by atoms with Crippen molar-refractivity contribution < 1.29 is 9.47 Å². The number of rotatable bonds is 8. The zero-order valence-electron chi connectivity index (χ0n) is 16.4. The van der Waals surface area contributed by atoms with Crippen molar-refractivity contribution in [2.24, 2.45) is 0 Å². The predicted molar refractivity (Wildman–Crippen MR) is 118 cm³/mol. The Balaban J connectivity index is 1.54. The zero-order chi connectivity index (χ0) is 20.6. The van der Waals surface area contributed by atoms with Crippen LogP contribution in [0.15, 0.2) is 91.0 Å². The molecular formula is C25H21ClN2O2. The van der Waals surface area contributed by atoms with Crippen molar-refractivity contribution in [3.05, 3.63) is 118 Å². The van der Waals surface area contributed by atoms with E-state index in [0.29, 0.717) is 36.3 Å². The summed E-state index contributed by atoms with van der Waals surface area (Å²) in [6.07, 6.45) is 0.605.